The molecule has 0 aromatic heterocycles. The molecule has 0 heterocycles. The van der Waals surface area contributed by atoms with Gasteiger partial charge in [0.15, 0.2) is 0 Å². The topological polar surface area (TPSA) is 20.3 Å². The molecule has 0 aliphatic heterocycles. The zero-order chi connectivity index (χ0) is 12.3. The first kappa shape index (κ1) is 13.9. The van der Waals surface area contributed by atoms with Gasteiger partial charge in [0.05, 0.1) is 5.56 Å². The van der Waals surface area contributed by atoms with Gasteiger partial charge in [-0.2, -0.15) is 0 Å². The molecule has 2 nitrogen and oxygen atoms in total. The molecule has 0 aliphatic rings. The number of rotatable bonds is 3. The van der Waals surface area contributed by atoms with Crippen molar-refractivity contribution in [3.63, 3.8) is 0 Å². The van der Waals surface area contributed by atoms with Gasteiger partial charge in [-0.05, 0) is 40.8 Å². The van der Waals surface area contributed by atoms with Crippen molar-refractivity contribution in [1.29, 1.82) is 0 Å². The van der Waals surface area contributed by atoms with Crippen LogP contribution in [0, 0.1) is 9.39 Å². The van der Waals surface area contributed by atoms with Crippen molar-refractivity contribution in [2.45, 2.75) is 11.8 Å². The first-order chi connectivity index (χ1) is 7.41. The van der Waals surface area contributed by atoms with E-state index in [0.717, 1.165) is 0 Å². The highest BCUT2D eigenvalue weighted by Gasteiger charge is 2.16. The van der Waals surface area contributed by atoms with E-state index < -0.39 is 0 Å². The number of hydrogen-bond donors (Lipinski definition) is 0. The number of carbonyl (C=O) groups excluding carboxylic acids is 1. The predicted molar refractivity (Wildman–Crippen MR) is 74.5 cm³/mol. The molecule has 0 saturated carbocycles. The van der Waals surface area contributed by atoms with Crippen LogP contribution in [0.5, 0.6) is 0 Å². The van der Waals surface area contributed by atoms with Crippen LogP contribution in [0.4, 0.5) is 4.39 Å². The molecule has 1 atom stereocenters. The van der Waals surface area contributed by atoms with Crippen molar-refractivity contribution in [2.75, 3.05) is 13.6 Å². The Bertz CT molecular complexity index is 398. The number of carbonyl (C=O) groups is 1. The molecule has 1 unspecified atom stereocenters. The molecule has 16 heavy (non-hydrogen) atoms. The Hall–Kier alpha value is -0.170. The summed E-state index contributed by atoms with van der Waals surface area (Å²) in [5.41, 5.74) is 0.539. The van der Waals surface area contributed by atoms with Gasteiger partial charge in [0.2, 0.25) is 0 Å². The van der Waals surface area contributed by atoms with Crippen LogP contribution in [-0.4, -0.2) is 29.2 Å². The fourth-order valence-electron chi connectivity index (χ4n) is 1.33. The van der Waals surface area contributed by atoms with Crippen LogP contribution in [0.3, 0.4) is 0 Å². The van der Waals surface area contributed by atoms with Gasteiger partial charge >= 0.3 is 0 Å². The van der Waals surface area contributed by atoms with E-state index in [4.69, 9.17) is 0 Å². The van der Waals surface area contributed by atoms with Gasteiger partial charge in [-0.3, -0.25) is 4.79 Å². The maximum absolute atomic E-state index is 12.9. The van der Waals surface area contributed by atoms with Gasteiger partial charge in [0.25, 0.3) is 5.91 Å². The fraction of sp³-hybridized carbons (Fsp3) is 0.364. The van der Waals surface area contributed by atoms with Crippen LogP contribution in [0.15, 0.2) is 18.2 Å². The van der Waals surface area contributed by atoms with E-state index in [1.165, 1.54) is 18.2 Å². The van der Waals surface area contributed by atoms with Crippen molar-refractivity contribution in [3.05, 3.63) is 33.1 Å². The Morgan fingerprint density at radius 1 is 1.62 bits per heavy atom. The summed E-state index contributed by atoms with van der Waals surface area (Å²) in [4.78, 5) is 13.8. The van der Waals surface area contributed by atoms with E-state index in [1.807, 2.05) is 29.5 Å². The van der Waals surface area contributed by atoms with Gasteiger partial charge in [0, 0.05) is 22.0 Å². The Morgan fingerprint density at radius 3 is 2.75 bits per heavy atom. The second kappa shape index (κ2) is 5.95. The standard InChI is InChI=1S/C11H12BrFINO/c1-7(12)6-15(2)11(16)9-4-3-8(13)5-10(9)14/h3-5,7H,6H2,1-2H3. The van der Waals surface area contributed by atoms with Gasteiger partial charge in [-0.1, -0.05) is 22.9 Å². The summed E-state index contributed by atoms with van der Waals surface area (Å²) >= 11 is 5.36. The monoisotopic (exact) mass is 399 g/mol. The lowest BCUT2D eigenvalue weighted by atomic mass is 10.2. The summed E-state index contributed by atoms with van der Waals surface area (Å²) < 4.78 is 13.5. The summed E-state index contributed by atoms with van der Waals surface area (Å²) in [5, 5.41) is 0. The molecule has 0 saturated heterocycles. The lowest BCUT2D eigenvalue weighted by Crippen LogP contribution is -2.31. The number of hydrogen-bond acceptors (Lipinski definition) is 1. The minimum absolute atomic E-state index is 0.0873. The normalized spacial score (nSPS) is 12.3. The Labute approximate surface area is 116 Å². The molecule has 0 aliphatic carbocycles. The largest absolute Gasteiger partial charge is 0.341 e. The van der Waals surface area contributed by atoms with Crippen molar-refractivity contribution < 1.29 is 9.18 Å². The third-order valence-corrected chi connectivity index (χ3v) is 3.22. The summed E-state index contributed by atoms with van der Waals surface area (Å²) in [6, 6.07) is 4.19. The van der Waals surface area contributed by atoms with Crippen LogP contribution in [-0.2, 0) is 0 Å². The Morgan fingerprint density at radius 2 is 2.25 bits per heavy atom. The van der Waals surface area contributed by atoms with E-state index in [9.17, 15) is 9.18 Å². The van der Waals surface area contributed by atoms with E-state index in [-0.39, 0.29) is 16.6 Å². The van der Waals surface area contributed by atoms with Crippen molar-refractivity contribution >= 4 is 44.4 Å². The summed E-state index contributed by atoms with van der Waals surface area (Å²) in [6.45, 7) is 2.59. The molecular formula is C11H12BrFINO. The summed E-state index contributed by atoms with van der Waals surface area (Å²) in [5.74, 6) is -0.409. The number of benzene rings is 1. The van der Waals surface area contributed by atoms with Crippen molar-refractivity contribution in [3.8, 4) is 0 Å². The first-order valence-electron chi connectivity index (χ1n) is 4.76. The maximum Gasteiger partial charge on any atom is 0.254 e. The molecule has 1 rings (SSSR count). The second-order valence-electron chi connectivity index (χ2n) is 3.59. The third kappa shape index (κ3) is 3.69. The van der Waals surface area contributed by atoms with Crippen LogP contribution in [0.1, 0.15) is 17.3 Å². The smallest absolute Gasteiger partial charge is 0.254 e. The predicted octanol–water partition coefficient (Wildman–Crippen LogP) is 3.29. The van der Waals surface area contributed by atoms with Gasteiger partial charge in [-0.25, -0.2) is 4.39 Å². The van der Waals surface area contributed by atoms with Gasteiger partial charge < -0.3 is 4.90 Å². The highest BCUT2D eigenvalue weighted by Crippen LogP contribution is 2.16. The minimum atomic E-state index is -0.322. The molecule has 88 valence electrons. The first-order valence-corrected chi connectivity index (χ1v) is 6.76. The minimum Gasteiger partial charge on any atom is -0.341 e. The van der Waals surface area contributed by atoms with Crippen LogP contribution in [0.2, 0.25) is 0 Å². The molecular weight excluding hydrogens is 388 g/mol. The van der Waals surface area contributed by atoms with Crippen LogP contribution < -0.4 is 0 Å². The molecule has 5 heteroatoms. The quantitative estimate of drug-likeness (QED) is 0.564. The van der Waals surface area contributed by atoms with E-state index in [1.54, 1.807) is 11.9 Å². The average Bonchev–Trinajstić information content (AvgIpc) is 2.15. The van der Waals surface area contributed by atoms with Crippen LogP contribution >= 0.6 is 38.5 Å². The Balaban J connectivity index is 2.88. The third-order valence-electron chi connectivity index (χ3n) is 2.03. The zero-order valence-electron chi connectivity index (χ0n) is 9.01. The number of amides is 1. The van der Waals surface area contributed by atoms with Crippen molar-refractivity contribution in [2.24, 2.45) is 0 Å². The van der Waals surface area contributed by atoms with Crippen molar-refractivity contribution in [1.82, 2.24) is 4.90 Å². The Kier molecular flexibility index (Phi) is 5.17. The van der Waals surface area contributed by atoms with Gasteiger partial charge in [-0.15, -0.1) is 0 Å². The van der Waals surface area contributed by atoms with Gasteiger partial charge in [0.1, 0.15) is 5.82 Å². The number of alkyl halides is 1. The number of nitrogens with zero attached hydrogens (tertiary/aromatic N) is 1. The lowest BCUT2D eigenvalue weighted by molar-refractivity contribution is 0.0796. The number of halogens is 3. The second-order valence-corrected chi connectivity index (χ2v) is 6.32. The zero-order valence-corrected chi connectivity index (χ0v) is 12.7. The van der Waals surface area contributed by atoms with E-state index in [2.05, 4.69) is 15.9 Å². The molecule has 0 fully saturated rings. The molecule has 0 radical (unpaired) electrons. The molecule has 0 N–H and O–H groups in total. The summed E-state index contributed by atoms with van der Waals surface area (Å²) in [6.07, 6.45) is 0. The molecule has 0 spiro atoms. The lowest BCUT2D eigenvalue weighted by Gasteiger charge is -2.19. The van der Waals surface area contributed by atoms with E-state index >= 15 is 0 Å². The average molecular weight is 400 g/mol. The maximum atomic E-state index is 12.9. The molecule has 1 amide bonds. The molecule has 0 bridgehead atoms. The van der Waals surface area contributed by atoms with Crippen LogP contribution in [0.25, 0.3) is 0 Å². The SMILES string of the molecule is CC(Br)CN(C)C(=O)c1ccc(F)cc1I. The molecule has 1 aromatic rings. The summed E-state index contributed by atoms with van der Waals surface area (Å²) in [7, 11) is 1.74. The molecule has 1 aromatic carbocycles. The fourth-order valence-corrected chi connectivity index (χ4v) is 2.47. The van der Waals surface area contributed by atoms with E-state index in [0.29, 0.717) is 15.7 Å². The highest BCUT2D eigenvalue weighted by atomic mass is 127. The highest BCUT2D eigenvalue weighted by molar-refractivity contribution is 14.1.